The molecule has 0 saturated carbocycles. The van der Waals surface area contributed by atoms with E-state index in [1.165, 1.54) is 12.1 Å². The number of nitrogens with one attached hydrogen (secondary N) is 2. The van der Waals surface area contributed by atoms with Crippen LogP contribution in [0.4, 0.5) is 17.3 Å². The van der Waals surface area contributed by atoms with Crippen LogP contribution in [0.25, 0.3) is 0 Å². The van der Waals surface area contributed by atoms with E-state index in [1.807, 2.05) is 31.2 Å². The molecule has 1 aromatic heterocycles. The van der Waals surface area contributed by atoms with Crippen molar-refractivity contribution >= 4 is 27.3 Å². The summed E-state index contributed by atoms with van der Waals surface area (Å²) in [6.45, 7) is 1.98. The van der Waals surface area contributed by atoms with Crippen LogP contribution in [0.5, 0.6) is 0 Å². The molecule has 0 aliphatic carbocycles. The van der Waals surface area contributed by atoms with Crippen LogP contribution in [-0.2, 0) is 10.0 Å². The number of para-hydroxylation sites is 1. The van der Waals surface area contributed by atoms with E-state index in [0.717, 1.165) is 11.3 Å². The van der Waals surface area contributed by atoms with E-state index in [1.54, 1.807) is 30.3 Å². The van der Waals surface area contributed by atoms with Crippen LogP contribution in [0.15, 0.2) is 71.6 Å². The Hall–Kier alpha value is -2.93. The van der Waals surface area contributed by atoms with Gasteiger partial charge in [0.15, 0.2) is 11.6 Å². The Morgan fingerprint density at radius 1 is 0.792 bits per heavy atom. The predicted molar refractivity (Wildman–Crippen MR) is 93.7 cm³/mol. The normalized spacial score (nSPS) is 11.0. The second kappa shape index (κ2) is 6.67. The predicted octanol–water partition coefficient (Wildman–Crippen LogP) is 3.33. The molecule has 1 heterocycles. The van der Waals surface area contributed by atoms with Gasteiger partial charge in [-0.15, -0.1) is 10.2 Å². The fourth-order valence-electron chi connectivity index (χ4n) is 2.10. The van der Waals surface area contributed by atoms with Crippen molar-refractivity contribution in [2.24, 2.45) is 0 Å². The first-order chi connectivity index (χ1) is 11.5. The first-order valence-corrected chi connectivity index (χ1v) is 8.77. The number of rotatable bonds is 5. The van der Waals surface area contributed by atoms with Crippen LogP contribution in [0.2, 0.25) is 0 Å². The van der Waals surface area contributed by atoms with Gasteiger partial charge in [0.25, 0.3) is 10.0 Å². The summed E-state index contributed by atoms with van der Waals surface area (Å²) in [4.78, 5) is 0.175. The fourth-order valence-corrected chi connectivity index (χ4v) is 3.12. The minimum Gasteiger partial charge on any atom is -0.339 e. The lowest BCUT2D eigenvalue weighted by Gasteiger charge is -2.09. The number of hydrogen-bond donors (Lipinski definition) is 2. The van der Waals surface area contributed by atoms with Gasteiger partial charge < -0.3 is 5.32 Å². The third kappa shape index (κ3) is 3.69. The molecule has 7 heteroatoms. The summed E-state index contributed by atoms with van der Waals surface area (Å²) >= 11 is 0. The van der Waals surface area contributed by atoms with E-state index in [4.69, 9.17) is 0 Å². The summed E-state index contributed by atoms with van der Waals surface area (Å²) in [7, 11) is -3.66. The molecular weight excluding hydrogens is 324 g/mol. The topological polar surface area (TPSA) is 84.0 Å². The Morgan fingerprint density at radius 3 is 2.08 bits per heavy atom. The minimum atomic E-state index is -3.66. The van der Waals surface area contributed by atoms with Gasteiger partial charge in [-0.05, 0) is 42.8 Å². The average molecular weight is 340 g/mol. The van der Waals surface area contributed by atoms with Gasteiger partial charge in [-0.1, -0.05) is 36.4 Å². The average Bonchev–Trinajstić information content (AvgIpc) is 2.59. The number of sulfonamides is 1. The van der Waals surface area contributed by atoms with Gasteiger partial charge in [0.05, 0.1) is 4.90 Å². The highest BCUT2D eigenvalue weighted by atomic mass is 32.2. The number of aromatic nitrogens is 2. The van der Waals surface area contributed by atoms with E-state index >= 15 is 0 Å². The van der Waals surface area contributed by atoms with Gasteiger partial charge >= 0.3 is 0 Å². The number of anilines is 3. The molecule has 0 spiro atoms. The van der Waals surface area contributed by atoms with Crippen LogP contribution in [0, 0.1) is 6.92 Å². The highest BCUT2D eigenvalue weighted by Gasteiger charge is 2.14. The van der Waals surface area contributed by atoms with Crippen LogP contribution >= 0.6 is 0 Å². The van der Waals surface area contributed by atoms with Gasteiger partial charge in [-0.3, -0.25) is 4.72 Å². The van der Waals surface area contributed by atoms with Crippen LogP contribution in [0.3, 0.4) is 0 Å². The van der Waals surface area contributed by atoms with Gasteiger partial charge in [-0.25, -0.2) is 8.42 Å². The summed E-state index contributed by atoms with van der Waals surface area (Å²) in [6, 6.07) is 19.1. The summed E-state index contributed by atoms with van der Waals surface area (Å²) in [5, 5.41) is 11.1. The van der Waals surface area contributed by atoms with Crippen molar-refractivity contribution in [2.75, 3.05) is 10.0 Å². The molecule has 2 N–H and O–H groups in total. The summed E-state index contributed by atoms with van der Waals surface area (Å²) in [6.07, 6.45) is 0. The second-order valence-electron chi connectivity index (χ2n) is 5.16. The molecule has 0 aliphatic heterocycles. The lowest BCUT2D eigenvalue weighted by atomic mass is 10.2. The molecule has 0 bridgehead atoms. The Labute approximate surface area is 140 Å². The summed E-state index contributed by atoms with van der Waals surface area (Å²) in [5.74, 6) is 0.696. The molecule has 24 heavy (non-hydrogen) atoms. The number of benzene rings is 2. The van der Waals surface area contributed by atoms with E-state index in [9.17, 15) is 8.42 Å². The molecule has 0 fully saturated rings. The van der Waals surface area contributed by atoms with Gasteiger partial charge in [-0.2, -0.15) is 0 Å². The molecule has 0 unspecified atom stereocenters. The fraction of sp³-hybridized carbons (Fsp3) is 0.0588. The molecule has 0 amide bonds. The molecule has 0 atom stereocenters. The molecule has 2 aromatic carbocycles. The number of nitrogens with zero attached hydrogens (tertiary/aromatic N) is 2. The smallest absolute Gasteiger partial charge is 0.263 e. The van der Waals surface area contributed by atoms with Crippen LogP contribution < -0.4 is 10.0 Å². The largest absolute Gasteiger partial charge is 0.339 e. The SMILES string of the molecule is Cc1ccccc1Nc1ccc(NS(=O)(=O)c2ccccc2)nn1. The minimum absolute atomic E-state index is 0.161. The lowest BCUT2D eigenvalue weighted by Crippen LogP contribution is -2.14. The third-order valence-electron chi connectivity index (χ3n) is 3.36. The van der Waals surface area contributed by atoms with Crippen LogP contribution in [-0.4, -0.2) is 18.6 Å². The molecule has 0 radical (unpaired) electrons. The highest BCUT2D eigenvalue weighted by molar-refractivity contribution is 7.92. The van der Waals surface area contributed by atoms with Crippen LogP contribution in [0.1, 0.15) is 5.56 Å². The summed E-state index contributed by atoms with van der Waals surface area (Å²) < 4.78 is 26.9. The van der Waals surface area contributed by atoms with Crippen molar-refractivity contribution in [3.63, 3.8) is 0 Å². The Bertz CT molecular complexity index is 926. The maximum absolute atomic E-state index is 12.2. The first-order valence-electron chi connectivity index (χ1n) is 7.29. The van der Waals surface area contributed by atoms with Crippen molar-refractivity contribution in [3.05, 3.63) is 72.3 Å². The van der Waals surface area contributed by atoms with E-state index in [-0.39, 0.29) is 10.7 Å². The van der Waals surface area contributed by atoms with Gasteiger partial charge in [0, 0.05) is 5.69 Å². The molecule has 122 valence electrons. The monoisotopic (exact) mass is 340 g/mol. The van der Waals surface area contributed by atoms with Crippen molar-refractivity contribution in [1.29, 1.82) is 0 Å². The van der Waals surface area contributed by atoms with Gasteiger partial charge in [0.1, 0.15) is 0 Å². The highest BCUT2D eigenvalue weighted by Crippen LogP contribution is 2.19. The molecular formula is C17H16N4O2S. The van der Waals surface area contributed by atoms with Gasteiger partial charge in [0.2, 0.25) is 0 Å². The molecule has 0 saturated heterocycles. The quantitative estimate of drug-likeness (QED) is 0.744. The molecule has 0 aliphatic rings. The van der Waals surface area contributed by atoms with Crippen molar-refractivity contribution in [2.45, 2.75) is 11.8 Å². The maximum Gasteiger partial charge on any atom is 0.263 e. The van der Waals surface area contributed by atoms with E-state index in [2.05, 4.69) is 20.2 Å². The Morgan fingerprint density at radius 2 is 1.42 bits per heavy atom. The Balaban J connectivity index is 1.74. The van der Waals surface area contributed by atoms with Crippen molar-refractivity contribution in [3.8, 4) is 0 Å². The van der Waals surface area contributed by atoms with E-state index in [0.29, 0.717) is 5.82 Å². The summed E-state index contributed by atoms with van der Waals surface area (Å²) in [5.41, 5.74) is 2.00. The lowest BCUT2D eigenvalue weighted by molar-refractivity contribution is 0.601. The maximum atomic E-state index is 12.2. The standard InChI is InChI=1S/C17H16N4O2S/c1-13-7-5-6-10-15(13)18-16-11-12-17(20-19-16)21-24(22,23)14-8-3-2-4-9-14/h2-12H,1H3,(H,18,19)(H,20,21). The molecule has 6 nitrogen and oxygen atoms in total. The first kappa shape index (κ1) is 15.9. The number of aryl methyl sites for hydroxylation is 1. The Kier molecular flexibility index (Phi) is 4.43. The molecule has 3 aromatic rings. The third-order valence-corrected chi connectivity index (χ3v) is 4.74. The zero-order chi connectivity index (χ0) is 17.0. The zero-order valence-corrected chi connectivity index (χ0v) is 13.8. The molecule has 3 rings (SSSR count). The second-order valence-corrected chi connectivity index (χ2v) is 6.84. The van der Waals surface area contributed by atoms with E-state index < -0.39 is 10.0 Å². The van der Waals surface area contributed by atoms with Crippen molar-refractivity contribution < 1.29 is 8.42 Å². The van der Waals surface area contributed by atoms with Crippen molar-refractivity contribution in [1.82, 2.24) is 10.2 Å². The zero-order valence-electron chi connectivity index (χ0n) is 13.0. The number of hydrogen-bond acceptors (Lipinski definition) is 5.